The second-order valence-corrected chi connectivity index (χ2v) is 6.65. The fraction of sp³-hybridized carbons (Fsp3) is 0.286. The molecule has 0 spiro atoms. The van der Waals surface area contributed by atoms with Gasteiger partial charge in [-0.2, -0.15) is 0 Å². The molecule has 0 bridgehead atoms. The number of ketones is 1. The lowest BCUT2D eigenvalue weighted by Gasteiger charge is -2.07. The summed E-state index contributed by atoms with van der Waals surface area (Å²) in [5.74, 6) is -0.193. The van der Waals surface area contributed by atoms with E-state index in [1.807, 2.05) is 6.92 Å². The smallest absolute Gasteiger partial charge is 0.310 e. The molecular weight excluding hydrogens is 379 g/mol. The predicted molar refractivity (Wildman–Crippen MR) is 102 cm³/mol. The van der Waals surface area contributed by atoms with Crippen LogP contribution in [-0.2, 0) is 16.0 Å². The molecular formula is C21H21FN2O5. The molecule has 8 heteroatoms. The maximum absolute atomic E-state index is 13.7. The van der Waals surface area contributed by atoms with Gasteiger partial charge < -0.3 is 14.0 Å². The summed E-state index contributed by atoms with van der Waals surface area (Å²) in [6.07, 6.45) is -0.147. The van der Waals surface area contributed by atoms with Crippen molar-refractivity contribution >= 4 is 11.8 Å². The summed E-state index contributed by atoms with van der Waals surface area (Å²) in [5.41, 5.74) is 2.35. The van der Waals surface area contributed by atoms with Crippen LogP contribution in [0.2, 0.25) is 0 Å². The van der Waals surface area contributed by atoms with Crippen molar-refractivity contribution in [3.8, 4) is 11.6 Å². The maximum atomic E-state index is 13.7. The third-order valence-corrected chi connectivity index (χ3v) is 4.51. The number of aryl methyl sites for hydroxylation is 2. The SMILES string of the molecule is COc1ccc(CC(=O)OCC(=O)c2cc(C)n(-c3cc(C)on3)c2C)cc1F. The van der Waals surface area contributed by atoms with E-state index in [9.17, 15) is 14.0 Å². The summed E-state index contributed by atoms with van der Waals surface area (Å²) >= 11 is 0. The Morgan fingerprint density at radius 2 is 1.93 bits per heavy atom. The lowest BCUT2D eigenvalue weighted by Crippen LogP contribution is -2.16. The molecule has 2 heterocycles. The molecule has 3 aromatic rings. The number of benzene rings is 1. The number of rotatable bonds is 7. The second kappa shape index (κ2) is 8.30. The monoisotopic (exact) mass is 400 g/mol. The Labute approximate surface area is 167 Å². The third-order valence-electron chi connectivity index (χ3n) is 4.51. The summed E-state index contributed by atoms with van der Waals surface area (Å²) < 4.78 is 30.5. The van der Waals surface area contributed by atoms with Crippen molar-refractivity contribution in [2.45, 2.75) is 27.2 Å². The van der Waals surface area contributed by atoms with E-state index in [4.69, 9.17) is 14.0 Å². The fourth-order valence-corrected chi connectivity index (χ4v) is 3.12. The zero-order valence-corrected chi connectivity index (χ0v) is 16.6. The molecule has 0 amide bonds. The van der Waals surface area contributed by atoms with Crippen molar-refractivity contribution < 1.29 is 28.0 Å². The fourth-order valence-electron chi connectivity index (χ4n) is 3.12. The Balaban J connectivity index is 1.65. The largest absolute Gasteiger partial charge is 0.494 e. The highest BCUT2D eigenvalue weighted by molar-refractivity contribution is 5.99. The lowest BCUT2D eigenvalue weighted by atomic mass is 10.1. The summed E-state index contributed by atoms with van der Waals surface area (Å²) in [6.45, 7) is 5.01. The van der Waals surface area contributed by atoms with Gasteiger partial charge in [0, 0.05) is 23.0 Å². The van der Waals surface area contributed by atoms with Crippen LogP contribution < -0.4 is 4.74 Å². The first-order chi connectivity index (χ1) is 13.8. The predicted octanol–water partition coefficient (Wildman–Crippen LogP) is 3.51. The zero-order chi connectivity index (χ0) is 21.1. The number of hydrogen-bond donors (Lipinski definition) is 0. The van der Waals surface area contributed by atoms with E-state index < -0.39 is 18.4 Å². The van der Waals surface area contributed by atoms with Crippen LogP contribution in [0.1, 0.15) is 33.1 Å². The number of carbonyl (C=O) groups is 2. The molecule has 152 valence electrons. The summed E-state index contributed by atoms with van der Waals surface area (Å²) in [4.78, 5) is 24.6. The number of ether oxygens (including phenoxy) is 2. The van der Waals surface area contributed by atoms with Crippen molar-refractivity contribution in [2.24, 2.45) is 0 Å². The third kappa shape index (κ3) is 4.37. The van der Waals surface area contributed by atoms with Crippen LogP contribution in [0, 0.1) is 26.6 Å². The van der Waals surface area contributed by atoms with E-state index in [2.05, 4.69) is 5.16 Å². The van der Waals surface area contributed by atoms with E-state index in [1.165, 1.54) is 19.2 Å². The number of Topliss-reactive ketones (excluding diaryl/α,β-unsaturated/α-hetero) is 1. The van der Waals surface area contributed by atoms with Crippen molar-refractivity contribution in [3.63, 3.8) is 0 Å². The topological polar surface area (TPSA) is 83.6 Å². The minimum atomic E-state index is -0.621. The first kappa shape index (κ1) is 20.3. The maximum Gasteiger partial charge on any atom is 0.310 e. The molecule has 0 saturated carbocycles. The van der Waals surface area contributed by atoms with Gasteiger partial charge in [0.1, 0.15) is 5.76 Å². The molecule has 0 aliphatic heterocycles. The summed E-state index contributed by atoms with van der Waals surface area (Å²) in [7, 11) is 1.36. The van der Waals surface area contributed by atoms with Gasteiger partial charge in [0.2, 0.25) is 5.78 Å². The molecule has 0 N–H and O–H groups in total. The van der Waals surface area contributed by atoms with E-state index >= 15 is 0 Å². The van der Waals surface area contributed by atoms with Crippen molar-refractivity contribution in [1.29, 1.82) is 0 Å². The quantitative estimate of drug-likeness (QED) is 0.446. The van der Waals surface area contributed by atoms with E-state index in [0.29, 0.717) is 28.4 Å². The molecule has 0 saturated heterocycles. The van der Waals surface area contributed by atoms with E-state index in [1.54, 1.807) is 36.6 Å². The lowest BCUT2D eigenvalue weighted by molar-refractivity contribution is -0.141. The van der Waals surface area contributed by atoms with Gasteiger partial charge in [-0.3, -0.25) is 14.2 Å². The normalized spacial score (nSPS) is 10.8. The van der Waals surface area contributed by atoms with Gasteiger partial charge in [0.25, 0.3) is 0 Å². The van der Waals surface area contributed by atoms with Crippen LogP contribution >= 0.6 is 0 Å². The number of carbonyl (C=O) groups excluding carboxylic acids is 2. The van der Waals surface area contributed by atoms with Crippen LogP contribution in [-0.4, -0.2) is 35.2 Å². The zero-order valence-electron chi connectivity index (χ0n) is 16.6. The molecule has 2 aromatic heterocycles. The number of aromatic nitrogens is 2. The molecule has 7 nitrogen and oxygen atoms in total. The highest BCUT2D eigenvalue weighted by Gasteiger charge is 2.20. The van der Waals surface area contributed by atoms with Gasteiger partial charge in [0.15, 0.2) is 24.0 Å². The summed E-state index contributed by atoms with van der Waals surface area (Å²) in [5, 5.41) is 3.97. The van der Waals surface area contributed by atoms with Crippen LogP contribution in [0.15, 0.2) is 34.9 Å². The number of nitrogens with zero attached hydrogens (tertiary/aromatic N) is 2. The minimum absolute atomic E-state index is 0.0926. The molecule has 0 unspecified atom stereocenters. The Morgan fingerprint density at radius 3 is 2.55 bits per heavy atom. The van der Waals surface area contributed by atoms with Crippen LogP contribution in [0.5, 0.6) is 5.75 Å². The minimum Gasteiger partial charge on any atom is -0.494 e. The number of esters is 1. The van der Waals surface area contributed by atoms with E-state index in [-0.39, 0.29) is 18.0 Å². The average Bonchev–Trinajstić information content (AvgIpc) is 3.22. The second-order valence-electron chi connectivity index (χ2n) is 6.65. The molecule has 0 aliphatic rings. The van der Waals surface area contributed by atoms with Crippen molar-refractivity contribution in [3.05, 3.63) is 64.4 Å². The highest BCUT2D eigenvalue weighted by Crippen LogP contribution is 2.21. The number of halogens is 1. The van der Waals surface area contributed by atoms with Gasteiger partial charge in [0.05, 0.1) is 13.5 Å². The number of hydrogen-bond acceptors (Lipinski definition) is 6. The van der Waals surface area contributed by atoms with Gasteiger partial charge in [-0.25, -0.2) is 4.39 Å². The molecule has 0 fully saturated rings. The standard InChI is InChI=1S/C21H21FN2O5/c1-12-7-16(14(3)24(12)20-8-13(2)29-23-20)18(25)11-28-21(26)10-15-5-6-19(27-4)17(22)9-15/h5-9H,10-11H2,1-4H3. The first-order valence-corrected chi connectivity index (χ1v) is 8.94. The van der Waals surface area contributed by atoms with Gasteiger partial charge in [-0.15, -0.1) is 0 Å². The first-order valence-electron chi connectivity index (χ1n) is 8.94. The molecule has 29 heavy (non-hydrogen) atoms. The highest BCUT2D eigenvalue weighted by atomic mass is 19.1. The number of methoxy groups -OCH3 is 1. The molecule has 1 aromatic carbocycles. The van der Waals surface area contributed by atoms with Gasteiger partial charge in [-0.1, -0.05) is 11.2 Å². The molecule has 3 rings (SSSR count). The molecule has 0 atom stereocenters. The Kier molecular flexibility index (Phi) is 5.81. The Hall–Kier alpha value is -3.42. The van der Waals surface area contributed by atoms with Crippen LogP contribution in [0.3, 0.4) is 0 Å². The van der Waals surface area contributed by atoms with Crippen molar-refractivity contribution in [1.82, 2.24) is 9.72 Å². The van der Waals surface area contributed by atoms with E-state index in [0.717, 1.165) is 5.69 Å². The van der Waals surface area contributed by atoms with Gasteiger partial charge in [-0.05, 0) is 44.5 Å². The molecule has 0 radical (unpaired) electrons. The van der Waals surface area contributed by atoms with Gasteiger partial charge >= 0.3 is 5.97 Å². The van der Waals surface area contributed by atoms with Crippen molar-refractivity contribution in [2.75, 3.05) is 13.7 Å². The van der Waals surface area contributed by atoms with Crippen LogP contribution in [0.4, 0.5) is 4.39 Å². The summed E-state index contributed by atoms with van der Waals surface area (Å²) in [6, 6.07) is 7.69. The Morgan fingerprint density at radius 1 is 1.17 bits per heavy atom. The Bertz CT molecular complexity index is 1070. The van der Waals surface area contributed by atoms with Crippen LogP contribution in [0.25, 0.3) is 5.82 Å². The molecule has 0 aliphatic carbocycles. The average molecular weight is 400 g/mol.